The first-order chi connectivity index (χ1) is 13.6. The van der Waals surface area contributed by atoms with Crippen LogP contribution >= 0.6 is 11.6 Å². The molecule has 3 heterocycles. The normalized spacial score (nSPS) is 25.5. The second kappa shape index (κ2) is 10.1. The maximum atomic E-state index is 12.9. The minimum atomic E-state index is -1.22. The van der Waals surface area contributed by atoms with Crippen molar-refractivity contribution >= 4 is 23.2 Å². The van der Waals surface area contributed by atoms with E-state index < -0.39 is 24.2 Å². The number of carbonyl (C=O) groups is 1. The lowest BCUT2D eigenvalue weighted by Gasteiger charge is -2.34. The highest BCUT2D eigenvalue weighted by molar-refractivity contribution is 6.21. The first kappa shape index (κ1) is 20.9. The number of anilines is 1. The van der Waals surface area contributed by atoms with Crippen molar-refractivity contribution in [3.05, 3.63) is 23.4 Å². The molecule has 10 nitrogen and oxygen atoms in total. The van der Waals surface area contributed by atoms with Crippen LogP contribution < -0.4 is 31.7 Å². The van der Waals surface area contributed by atoms with Crippen molar-refractivity contribution in [2.45, 2.75) is 36.7 Å². The fourth-order valence-corrected chi connectivity index (χ4v) is 3.54. The molecule has 6 N–H and O–H groups in total. The van der Waals surface area contributed by atoms with Crippen LogP contribution in [0.25, 0.3) is 0 Å². The van der Waals surface area contributed by atoms with Crippen LogP contribution in [0.3, 0.4) is 0 Å². The summed E-state index contributed by atoms with van der Waals surface area (Å²) in [5.41, 5.74) is 6.25. The molecule has 0 bridgehead atoms. The Bertz CT molecular complexity index is 666. The summed E-state index contributed by atoms with van der Waals surface area (Å²) in [4.78, 5) is 28.1. The van der Waals surface area contributed by atoms with Gasteiger partial charge in [-0.05, 0) is 25.9 Å². The Kier molecular flexibility index (Phi) is 7.51. The SMILES string of the molecule is NC(N=O)C(C(=O)Nc1cnccc1OC1CCNCC1)C1NCC(Cl)CN1. The third-order valence-corrected chi connectivity index (χ3v) is 5.20. The van der Waals surface area contributed by atoms with E-state index in [0.29, 0.717) is 24.5 Å². The molecule has 0 radical (unpaired) electrons. The van der Waals surface area contributed by atoms with E-state index in [9.17, 15) is 9.70 Å². The zero-order valence-electron chi connectivity index (χ0n) is 15.4. The van der Waals surface area contributed by atoms with E-state index >= 15 is 0 Å². The molecular formula is C17H26ClN7O3. The number of nitrogens with one attached hydrogen (secondary N) is 4. The van der Waals surface area contributed by atoms with Gasteiger partial charge in [-0.25, -0.2) is 0 Å². The Morgan fingerprint density at radius 1 is 1.36 bits per heavy atom. The number of amides is 1. The molecule has 2 unspecified atom stereocenters. The topological polar surface area (TPSA) is 143 Å². The van der Waals surface area contributed by atoms with E-state index in [-0.39, 0.29) is 11.5 Å². The van der Waals surface area contributed by atoms with Gasteiger partial charge in [-0.1, -0.05) is 5.18 Å². The molecule has 2 atom stereocenters. The summed E-state index contributed by atoms with van der Waals surface area (Å²) in [5.74, 6) is -0.839. The van der Waals surface area contributed by atoms with Crippen LogP contribution in [0.15, 0.2) is 23.6 Å². The van der Waals surface area contributed by atoms with E-state index in [0.717, 1.165) is 25.9 Å². The van der Waals surface area contributed by atoms with Crippen molar-refractivity contribution in [1.29, 1.82) is 0 Å². The van der Waals surface area contributed by atoms with E-state index in [4.69, 9.17) is 22.1 Å². The van der Waals surface area contributed by atoms with Crippen molar-refractivity contribution in [2.24, 2.45) is 16.8 Å². The molecule has 28 heavy (non-hydrogen) atoms. The fourth-order valence-electron chi connectivity index (χ4n) is 3.36. The van der Waals surface area contributed by atoms with Gasteiger partial charge in [-0.15, -0.1) is 16.5 Å². The fraction of sp³-hybridized carbons (Fsp3) is 0.647. The number of ether oxygens (including phenoxy) is 1. The Morgan fingerprint density at radius 3 is 2.75 bits per heavy atom. The highest BCUT2D eigenvalue weighted by Gasteiger charge is 2.37. The van der Waals surface area contributed by atoms with Crippen molar-refractivity contribution in [1.82, 2.24) is 20.9 Å². The summed E-state index contributed by atoms with van der Waals surface area (Å²) in [6.45, 7) is 2.76. The largest absolute Gasteiger partial charge is 0.488 e. The molecule has 2 fully saturated rings. The maximum Gasteiger partial charge on any atom is 0.234 e. The third-order valence-electron chi connectivity index (χ3n) is 4.89. The van der Waals surface area contributed by atoms with Gasteiger partial charge in [0, 0.05) is 25.4 Å². The molecule has 0 spiro atoms. The minimum absolute atomic E-state index is 0.0660. The van der Waals surface area contributed by atoms with Crippen molar-refractivity contribution in [3.63, 3.8) is 0 Å². The number of piperidine rings is 1. The van der Waals surface area contributed by atoms with Gasteiger partial charge in [-0.3, -0.25) is 20.4 Å². The van der Waals surface area contributed by atoms with Crippen LogP contribution in [0.4, 0.5) is 5.69 Å². The molecule has 0 aliphatic carbocycles. The monoisotopic (exact) mass is 411 g/mol. The zero-order valence-corrected chi connectivity index (χ0v) is 16.2. The molecule has 2 aliphatic heterocycles. The number of carbonyl (C=O) groups excluding carboxylic acids is 1. The van der Waals surface area contributed by atoms with Gasteiger partial charge in [-0.2, -0.15) is 0 Å². The molecule has 1 aromatic heterocycles. The smallest absolute Gasteiger partial charge is 0.234 e. The lowest BCUT2D eigenvalue weighted by atomic mass is 9.99. The number of nitroso groups, excluding NO2 is 1. The standard InChI is InChI=1S/C17H26ClN7O3/c18-10-7-22-16(23-8-10)14(15(19)25-27)17(26)24-12-9-21-6-3-13(12)28-11-1-4-20-5-2-11/h3,6,9-11,14-16,20,22-23H,1-2,4-5,7-8,19H2,(H,24,26). The first-order valence-electron chi connectivity index (χ1n) is 9.39. The second-order valence-corrected chi connectivity index (χ2v) is 7.56. The third kappa shape index (κ3) is 5.36. The summed E-state index contributed by atoms with van der Waals surface area (Å²) in [6.07, 6.45) is 3.21. The van der Waals surface area contributed by atoms with Crippen LogP contribution in [0.5, 0.6) is 5.75 Å². The molecule has 0 aromatic carbocycles. The van der Waals surface area contributed by atoms with Gasteiger partial charge in [0.2, 0.25) is 5.91 Å². The van der Waals surface area contributed by atoms with E-state index in [1.165, 1.54) is 6.20 Å². The number of hydrogen-bond donors (Lipinski definition) is 5. The van der Waals surface area contributed by atoms with Gasteiger partial charge < -0.3 is 21.1 Å². The Labute approximate surface area is 168 Å². The van der Waals surface area contributed by atoms with E-state index in [1.54, 1.807) is 12.3 Å². The number of alkyl halides is 1. The molecule has 154 valence electrons. The van der Waals surface area contributed by atoms with Crippen LogP contribution in [0, 0.1) is 10.8 Å². The number of hydrogen-bond acceptors (Lipinski definition) is 9. The van der Waals surface area contributed by atoms with Crippen LogP contribution in [-0.2, 0) is 4.79 Å². The minimum Gasteiger partial charge on any atom is -0.488 e. The van der Waals surface area contributed by atoms with Gasteiger partial charge in [0.1, 0.15) is 23.5 Å². The van der Waals surface area contributed by atoms with Crippen LogP contribution in [-0.4, -0.2) is 60.9 Å². The molecular weight excluding hydrogens is 386 g/mol. The highest BCUT2D eigenvalue weighted by atomic mass is 35.5. The summed E-state index contributed by atoms with van der Waals surface area (Å²) in [5, 5.41) is 15.0. The summed E-state index contributed by atoms with van der Waals surface area (Å²) in [7, 11) is 0. The molecule has 11 heteroatoms. The quantitative estimate of drug-likeness (QED) is 0.310. The Hall–Kier alpha value is -1.85. The van der Waals surface area contributed by atoms with Crippen LogP contribution in [0.2, 0.25) is 0 Å². The number of pyridine rings is 1. The predicted octanol–water partition coefficient (Wildman–Crippen LogP) is -0.0554. The van der Waals surface area contributed by atoms with Gasteiger partial charge in [0.25, 0.3) is 0 Å². The number of aromatic nitrogens is 1. The average molecular weight is 412 g/mol. The van der Waals surface area contributed by atoms with Gasteiger partial charge >= 0.3 is 0 Å². The number of nitrogens with two attached hydrogens (primary N) is 1. The lowest BCUT2D eigenvalue weighted by molar-refractivity contribution is -0.121. The molecule has 1 amide bonds. The predicted molar refractivity (Wildman–Crippen MR) is 106 cm³/mol. The Morgan fingerprint density at radius 2 is 2.07 bits per heavy atom. The lowest BCUT2D eigenvalue weighted by Crippen LogP contribution is -2.62. The van der Waals surface area contributed by atoms with Crippen molar-refractivity contribution in [2.75, 3.05) is 31.5 Å². The van der Waals surface area contributed by atoms with Crippen molar-refractivity contribution in [3.8, 4) is 5.75 Å². The number of nitrogens with zero attached hydrogens (tertiary/aromatic N) is 2. The van der Waals surface area contributed by atoms with Crippen molar-refractivity contribution < 1.29 is 9.53 Å². The Balaban J connectivity index is 1.71. The van der Waals surface area contributed by atoms with Crippen LogP contribution in [0.1, 0.15) is 12.8 Å². The highest BCUT2D eigenvalue weighted by Crippen LogP contribution is 2.27. The molecule has 1 aromatic rings. The number of rotatable bonds is 7. The second-order valence-electron chi connectivity index (χ2n) is 6.94. The molecule has 3 rings (SSSR count). The summed E-state index contributed by atoms with van der Waals surface area (Å²) < 4.78 is 6.05. The van der Waals surface area contributed by atoms with E-state index in [1.807, 2.05) is 0 Å². The first-order valence-corrected chi connectivity index (χ1v) is 9.83. The maximum absolute atomic E-state index is 12.9. The van der Waals surface area contributed by atoms with Gasteiger partial charge in [0.15, 0.2) is 6.17 Å². The number of halogens is 1. The van der Waals surface area contributed by atoms with Gasteiger partial charge in [0.05, 0.1) is 17.7 Å². The molecule has 0 saturated carbocycles. The molecule has 2 saturated heterocycles. The summed E-state index contributed by atoms with van der Waals surface area (Å²) in [6, 6.07) is 1.71. The summed E-state index contributed by atoms with van der Waals surface area (Å²) >= 11 is 6.05. The zero-order chi connectivity index (χ0) is 19.9. The van der Waals surface area contributed by atoms with E-state index in [2.05, 4.69) is 31.4 Å². The average Bonchev–Trinajstić information content (AvgIpc) is 2.71. The molecule has 2 aliphatic rings.